The van der Waals surface area contributed by atoms with Crippen LogP contribution in [0.15, 0.2) is 12.1 Å². The monoisotopic (exact) mass is 284 g/mol. The zero-order valence-corrected chi connectivity index (χ0v) is 10.9. The van der Waals surface area contributed by atoms with Crippen LogP contribution in [0.1, 0.15) is 12.8 Å². The number of nitrogens with zero attached hydrogens (tertiary/aromatic N) is 3. The van der Waals surface area contributed by atoms with Crippen molar-refractivity contribution in [3.05, 3.63) is 27.4 Å². The fraction of sp³-hybridized carbons (Fsp3) is 0.455. The molecular weight excluding hydrogens is 272 g/mol. The SMILES string of the molecule is O=C(CNc1nc(Cl)ccc1[N+](=O)[O-])N1CCCC1. The van der Waals surface area contributed by atoms with E-state index in [0.717, 1.165) is 25.9 Å². The van der Waals surface area contributed by atoms with Crippen LogP contribution in [-0.4, -0.2) is 40.3 Å². The number of hydrogen-bond donors (Lipinski definition) is 1. The fourth-order valence-electron chi connectivity index (χ4n) is 1.94. The number of pyridine rings is 1. The number of amides is 1. The molecule has 19 heavy (non-hydrogen) atoms. The summed E-state index contributed by atoms with van der Waals surface area (Å²) >= 11 is 5.69. The Kier molecular flexibility index (Phi) is 4.16. The van der Waals surface area contributed by atoms with Gasteiger partial charge in [0.25, 0.3) is 0 Å². The molecule has 0 bridgehead atoms. The first-order chi connectivity index (χ1) is 9.08. The molecule has 0 atom stereocenters. The van der Waals surface area contributed by atoms with Gasteiger partial charge in [-0.2, -0.15) is 0 Å². The van der Waals surface area contributed by atoms with Gasteiger partial charge in [-0.05, 0) is 18.9 Å². The van der Waals surface area contributed by atoms with Crippen molar-refractivity contribution in [2.75, 3.05) is 25.0 Å². The Hall–Kier alpha value is -1.89. The summed E-state index contributed by atoms with van der Waals surface area (Å²) in [4.78, 5) is 27.6. The maximum absolute atomic E-state index is 11.8. The first-order valence-electron chi connectivity index (χ1n) is 5.90. The summed E-state index contributed by atoms with van der Waals surface area (Å²) in [5.74, 6) is -0.0707. The predicted molar refractivity (Wildman–Crippen MR) is 70.2 cm³/mol. The molecule has 2 rings (SSSR count). The lowest BCUT2D eigenvalue weighted by molar-refractivity contribution is -0.384. The van der Waals surface area contributed by atoms with Gasteiger partial charge in [0.1, 0.15) is 5.15 Å². The Morgan fingerprint density at radius 1 is 1.47 bits per heavy atom. The summed E-state index contributed by atoms with van der Waals surface area (Å²) in [6, 6.07) is 2.60. The smallest absolute Gasteiger partial charge is 0.311 e. The first-order valence-corrected chi connectivity index (χ1v) is 6.28. The Balaban J connectivity index is 2.04. The van der Waals surface area contributed by atoms with Crippen LogP contribution >= 0.6 is 11.6 Å². The highest BCUT2D eigenvalue weighted by Crippen LogP contribution is 2.23. The molecule has 1 aromatic rings. The number of nitrogens with one attached hydrogen (secondary N) is 1. The van der Waals surface area contributed by atoms with E-state index in [1.165, 1.54) is 12.1 Å². The second kappa shape index (κ2) is 5.83. The molecule has 102 valence electrons. The average molecular weight is 285 g/mol. The fourth-order valence-corrected chi connectivity index (χ4v) is 2.09. The molecule has 0 saturated carbocycles. The summed E-state index contributed by atoms with van der Waals surface area (Å²) in [6.07, 6.45) is 2.00. The van der Waals surface area contributed by atoms with E-state index in [9.17, 15) is 14.9 Å². The molecule has 1 amide bonds. The number of carbonyl (C=O) groups is 1. The summed E-state index contributed by atoms with van der Waals surface area (Å²) in [6.45, 7) is 1.46. The molecule has 0 spiro atoms. The molecule has 0 unspecified atom stereocenters. The molecule has 0 radical (unpaired) electrons. The molecule has 1 saturated heterocycles. The van der Waals surface area contributed by atoms with Crippen molar-refractivity contribution in [2.45, 2.75) is 12.8 Å². The predicted octanol–water partition coefficient (Wildman–Crippen LogP) is 1.68. The Morgan fingerprint density at radius 3 is 2.79 bits per heavy atom. The Labute approximate surface area is 114 Å². The van der Waals surface area contributed by atoms with Crippen molar-refractivity contribution in [1.29, 1.82) is 0 Å². The second-order valence-corrected chi connectivity index (χ2v) is 4.59. The molecule has 0 aliphatic carbocycles. The van der Waals surface area contributed by atoms with Gasteiger partial charge in [-0.3, -0.25) is 14.9 Å². The van der Waals surface area contributed by atoms with E-state index >= 15 is 0 Å². The van der Waals surface area contributed by atoms with Crippen LogP contribution in [0.2, 0.25) is 5.15 Å². The summed E-state index contributed by atoms with van der Waals surface area (Å²) in [7, 11) is 0. The largest absolute Gasteiger partial charge is 0.355 e. The van der Waals surface area contributed by atoms with Gasteiger partial charge in [-0.1, -0.05) is 11.6 Å². The molecule has 1 aliphatic heterocycles. The number of carbonyl (C=O) groups excluding carboxylic acids is 1. The highest BCUT2D eigenvalue weighted by Gasteiger charge is 2.20. The van der Waals surface area contributed by atoms with Gasteiger partial charge in [-0.15, -0.1) is 0 Å². The van der Waals surface area contributed by atoms with Crippen molar-refractivity contribution in [3.8, 4) is 0 Å². The van der Waals surface area contributed by atoms with Crippen LogP contribution in [0.3, 0.4) is 0 Å². The molecule has 2 heterocycles. The van der Waals surface area contributed by atoms with Crippen LogP contribution < -0.4 is 5.32 Å². The van der Waals surface area contributed by atoms with Gasteiger partial charge >= 0.3 is 5.69 Å². The minimum absolute atomic E-state index is 0.0186. The van der Waals surface area contributed by atoms with E-state index in [1.54, 1.807) is 4.90 Å². The molecular formula is C11H13ClN4O3. The summed E-state index contributed by atoms with van der Waals surface area (Å²) in [5, 5.41) is 13.6. The van der Waals surface area contributed by atoms with Gasteiger partial charge in [-0.25, -0.2) is 4.98 Å². The number of aromatic nitrogens is 1. The number of halogens is 1. The van der Waals surface area contributed by atoms with Crippen molar-refractivity contribution in [1.82, 2.24) is 9.88 Å². The third-order valence-corrected chi connectivity index (χ3v) is 3.11. The van der Waals surface area contributed by atoms with Gasteiger partial charge in [0.05, 0.1) is 11.5 Å². The zero-order chi connectivity index (χ0) is 13.8. The number of rotatable bonds is 4. The zero-order valence-electron chi connectivity index (χ0n) is 10.1. The number of nitro groups is 1. The van der Waals surface area contributed by atoms with Gasteiger partial charge < -0.3 is 10.2 Å². The van der Waals surface area contributed by atoms with E-state index in [2.05, 4.69) is 10.3 Å². The topological polar surface area (TPSA) is 88.4 Å². The minimum atomic E-state index is -0.563. The number of anilines is 1. The highest BCUT2D eigenvalue weighted by molar-refractivity contribution is 6.29. The molecule has 8 heteroatoms. The van der Waals surface area contributed by atoms with Gasteiger partial charge in [0, 0.05) is 19.2 Å². The number of likely N-dealkylation sites (tertiary alicyclic amines) is 1. The van der Waals surface area contributed by atoms with Gasteiger partial charge in [0.2, 0.25) is 11.7 Å². The van der Waals surface area contributed by atoms with Crippen LogP contribution in [0.25, 0.3) is 0 Å². The maximum Gasteiger partial charge on any atom is 0.311 e. The quantitative estimate of drug-likeness (QED) is 0.516. The van der Waals surface area contributed by atoms with Gasteiger partial charge in [0.15, 0.2) is 0 Å². The number of hydrogen-bond acceptors (Lipinski definition) is 5. The van der Waals surface area contributed by atoms with Crippen LogP contribution in [-0.2, 0) is 4.79 Å². The highest BCUT2D eigenvalue weighted by atomic mass is 35.5. The lowest BCUT2D eigenvalue weighted by atomic mass is 10.4. The Morgan fingerprint density at radius 2 is 2.16 bits per heavy atom. The average Bonchev–Trinajstić information content (AvgIpc) is 2.89. The normalized spacial score (nSPS) is 14.5. The molecule has 1 aromatic heterocycles. The first kappa shape index (κ1) is 13.5. The minimum Gasteiger partial charge on any atom is -0.355 e. The second-order valence-electron chi connectivity index (χ2n) is 4.20. The van der Waals surface area contributed by atoms with Crippen LogP contribution in [0.4, 0.5) is 11.5 Å². The van der Waals surface area contributed by atoms with E-state index in [0.29, 0.717) is 0 Å². The van der Waals surface area contributed by atoms with Crippen molar-refractivity contribution in [2.24, 2.45) is 0 Å². The van der Waals surface area contributed by atoms with E-state index in [-0.39, 0.29) is 29.1 Å². The van der Waals surface area contributed by atoms with Crippen LogP contribution in [0, 0.1) is 10.1 Å². The van der Waals surface area contributed by atoms with Crippen molar-refractivity contribution < 1.29 is 9.72 Å². The third kappa shape index (κ3) is 3.31. The summed E-state index contributed by atoms with van der Waals surface area (Å²) in [5.41, 5.74) is -0.196. The Bertz CT molecular complexity index is 503. The third-order valence-electron chi connectivity index (χ3n) is 2.90. The van der Waals surface area contributed by atoms with E-state index in [4.69, 9.17) is 11.6 Å². The van der Waals surface area contributed by atoms with E-state index in [1.807, 2.05) is 0 Å². The van der Waals surface area contributed by atoms with Crippen molar-refractivity contribution >= 4 is 29.0 Å². The summed E-state index contributed by atoms with van der Waals surface area (Å²) < 4.78 is 0. The molecule has 0 aromatic carbocycles. The molecule has 7 nitrogen and oxygen atoms in total. The maximum atomic E-state index is 11.8. The standard InChI is InChI=1S/C11H13ClN4O3/c12-9-4-3-8(16(18)19)11(14-9)13-7-10(17)15-5-1-2-6-15/h3-4H,1-2,5-7H2,(H,13,14). The van der Waals surface area contributed by atoms with Crippen molar-refractivity contribution in [3.63, 3.8) is 0 Å². The molecule has 1 N–H and O–H groups in total. The molecule has 1 fully saturated rings. The molecule has 1 aliphatic rings. The van der Waals surface area contributed by atoms with Crippen LogP contribution in [0.5, 0.6) is 0 Å². The lowest BCUT2D eigenvalue weighted by Crippen LogP contribution is -2.33. The van der Waals surface area contributed by atoms with E-state index < -0.39 is 4.92 Å². The lowest BCUT2D eigenvalue weighted by Gasteiger charge is -2.15.